The van der Waals surface area contributed by atoms with Crippen LogP contribution in [0.3, 0.4) is 0 Å². The van der Waals surface area contributed by atoms with E-state index in [1.165, 1.54) is 24.3 Å². The Bertz CT molecular complexity index is 984. The number of ether oxygens (including phenoxy) is 1. The fourth-order valence-electron chi connectivity index (χ4n) is 2.59. The van der Waals surface area contributed by atoms with Gasteiger partial charge in [-0.05, 0) is 64.4 Å². The molecule has 2 rings (SSSR count). The number of carbonyl (C=O) groups excluding carboxylic acids is 1. The smallest absolute Gasteiger partial charge is 0.251 e. The van der Waals surface area contributed by atoms with Crippen LogP contribution in [0.5, 0.6) is 5.75 Å². The third kappa shape index (κ3) is 6.54. The molecule has 0 aliphatic rings. The molecule has 0 saturated carbocycles. The number of para-hydroxylation sites is 1. The van der Waals surface area contributed by atoms with Crippen LogP contribution in [-0.2, 0) is 10.0 Å². The second kappa shape index (κ2) is 8.92. The molecule has 0 fully saturated rings. The van der Waals surface area contributed by atoms with Gasteiger partial charge < -0.3 is 10.1 Å². The van der Waals surface area contributed by atoms with Crippen molar-refractivity contribution >= 4 is 15.9 Å². The molecule has 1 unspecified atom stereocenters. The number of carbonyl (C=O) groups is 1. The lowest BCUT2D eigenvalue weighted by Gasteiger charge is -2.21. The van der Waals surface area contributed by atoms with Crippen molar-refractivity contribution in [2.24, 2.45) is 0 Å². The predicted octanol–water partition coefficient (Wildman–Crippen LogP) is 3.41. The van der Waals surface area contributed by atoms with E-state index in [4.69, 9.17) is 4.74 Å². The Morgan fingerprint density at radius 3 is 2.45 bits per heavy atom. The lowest BCUT2D eigenvalue weighted by molar-refractivity contribution is 0.0925. The minimum absolute atomic E-state index is 0.0124. The van der Waals surface area contributed by atoms with Crippen molar-refractivity contribution < 1.29 is 22.3 Å². The van der Waals surface area contributed by atoms with Gasteiger partial charge in [-0.3, -0.25) is 4.79 Å². The van der Waals surface area contributed by atoms with Crippen molar-refractivity contribution in [3.63, 3.8) is 0 Å². The van der Waals surface area contributed by atoms with Crippen LogP contribution in [-0.4, -0.2) is 32.5 Å². The Balaban J connectivity index is 2.11. The summed E-state index contributed by atoms with van der Waals surface area (Å²) in [7, 11) is -3.77. The highest BCUT2D eigenvalue weighted by atomic mass is 32.2. The van der Waals surface area contributed by atoms with E-state index in [0.717, 1.165) is 0 Å². The lowest BCUT2D eigenvalue weighted by atomic mass is 10.1. The summed E-state index contributed by atoms with van der Waals surface area (Å²) in [6, 6.07) is 9.99. The van der Waals surface area contributed by atoms with Crippen molar-refractivity contribution in [2.45, 2.75) is 51.1 Å². The van der Waals surface area contributed by atoms with E-state index in [1.807, 2.05) is 0 Å². The Labute approximate surface area is 171 Å². The average Bonchev–Trinajstić information content (AvgIpc) is 2.59. The summed E-state index contributed by atoms with van der Waals surface area (Å²) in [6.07, 6.45) is 0. The number of aryl methyl sites for hydroxylation is 1. The van der Waals surface area contributed by atoms with Gasteiger partial charge in [0.05, 0.1) is 10.9 Å². The SMILES string of the molecule is Cc1ccc(S(=O)(=O)NC(C)(C)C)cc1C(=O)NC(C)COc1ccccc1F. The van der Waals surface area contributed by atoms with Gasteiger partial charge in [0.2, 0.25) is 10.0 Å². The minimum atomic E-state index is -3.77. The normalized spacial score (nSPS) is 13.0. The molecule has 0 bridgehead atoms. The van der Waals surface area contributed by atoms with Crippen LogP contribution in [0.15, 0.2) is 47.4 Å². The summed E-state index contributed by atoms with van der Waals surface area (Å²) in [5, 5.41) is 2.75. The molecule has 6 nitrogen and oxygen atoms in total. The fourth-order valence-corrected chi connectivity index (χ4v) is 4.04. The van der Waals surface area contributed by atoms with Gasteiger partial charge in [0, 0.05) is 11.1 Å². The predicted molar refractivity (Wildman–Crippen MR) is 110 cm³/mol. The fraction of sp³-hybridized carbons (Fsp3) is 0.381. The van der Waals surface area contributed by atoms with Crippen molar-refractivity contribution in [3.8, 4) is 5.75 Å². The molecule has 0 heterocycles. The van der Waals surface area contributed by atoms with Gasteiger partial charge in [-0.25, -0.2) is 17.5 Å². The first-order valence-corrected chi connectivity index (χ1v) is 10.7. The molecular formula is C21H27FN2O4S. The number of hydrogen-bond acceptors (Lipinski definition) is 4. The van der Waals surface area contributed by atoms with Crippen LogP contribution in [0.2, 0.25) is 0 Å². The molecule has 0 radical (unpaired) electrons. The molecular weight excluding hydrogens is 395 g/mol. The van der Waals surface area contributed by atoms with Gasteiger partial charge in [0.25, 0.3) is 5.91 Å². The molecule has 2 N–H and O–H groups in total. The number of benzene rings is 2. The van der Waals surface area contributed by atoms with E-state index in [-0.39, 0.29) is 22.8 Å². The number of nitrogens with one attached hydrogen (secondary N) is 2. The van der Waals surface area contributed by atoms with Gasteiger partial charge in [-0.15, -0.1) is 0 Å². The zero-order valence-electron chi connectivity index (χ0n) is 17.2. The standard InChI is InChI=1S/C21H27FN2O4S/c1-14-10-11-16(29(26,27)24-21(3,4)5)12-17(14)20(25)23-15(2)13-28-19-9-7-6-8-18(19)22/h6-12,15,24H,13H2,1-5H3,(H,23,25). The van der Waals surface area contributed by atoms with Crippen LogP contribution < -0.4 is 14.8 Å². The third-order valence-corrected chi connectivity index (χ3v) is 5.66. The second-order valence-corrected chi connectivity index (χ2v) is 9.63. The monoisotopic (exact) mass is 422 g/mol. The molecule has 158 valence electrons. The zero-order chi connectivity index (χ0) is 21.8. The van der Waals surface area contributed by atoms with Crippen LogP contribution in [0.25, 0.3) is 0 Å². The molecule has 8 heteroatoms. The van der Waals surface area contributed by atoms with Gasteiger partial charge in [0.1, 0.15) is 6.61 Å². The highest BCUT2D eigenvalue weighted by Crippen LogP contribution is 2.18. The van der Waals surface area contributed by atoms with Crippen LogP contribution in [0.1, 0.15) is 43.6 Å². The molecule has 1 atom stereocenters. The van der Waals surface area contributed by atoms with Crippen LogP contribution in [0.4, 0.5) is 4.39 Å². The van der Waals surface area contributed by atoms with Gasteiger partial charge >= 0.3 is 0 Å². The van der Waals surface area contributed by atoms with E-state index in [2.05, 4.69) is 10.0 Å². The Hall–Kier alpha value is -2.45. The molecule has 0 spiro atoms. The van der Waals surface area contributed by atoms with Crippen molar-refractivity contribution in [3.05, 3.63) is 59.4 Å². The van der Waals surface area contributed by atoms with E-state index in [1.54, 1.807) is 52.8 Å². The van der Waals surface area contributed by atoms with Gasteiger partial charge in [0.15, 0.2) is 11.6 Å². The number of amides is 1. The van der Waals surface area contributed by atoms with E-state index in [9.17, 15) is 17.6 Å². The average molecular weight is 423 g/mol. The van der Waals surface area contributed by atoms with E-state index < -0.39 is 33.3 Å². The third-order valence-electron chi connectivity index (χ3n) is 3.91. The topological polar surface area (TPSA) is 84.5 Å². The van der Waals surface area contributed by atoms with Crippen LogP contribution in [0, 0.1) is 12.7 Å². The maximum atomic E-state index is 13.6. The quantitative estimate of drug-likeness (QED) is 0.716. The Morgan fingerprint density at radius 1 is 1.17 bits per heavy atom. The second-order valence-electron chi connectivity index (χ2n) is 7.95. The first kappa shape index (κ1) is 22.8. The molecule has 0 saturated heterocycles. The van der Waals surface area contributed by atoms with Crippen LogP contribution >= 0.6 is 0 Å². The molecule has 0 aromatic heterocycles. The van der Waals surface area contributed by atoms with Gasteiger partial charge in [-0.2, -0.15) is 0 Å². The summed E-state index contributed by atoms with van der Waals surface area (Å²) in [5.74, 6) is -0.808. The lowest BCUT2D eigenvalue weighted by Crippen LogP contribution is -2.40. The summed E-state index contributed by atoms with van der Waals surface area (Å²) in [4.78, 5) is 12.7. The first-order chi connectivity index (χ1) is 13.4. The summed E-state index contributed by atoms with van der Waals surface area (Å²) < 4.78 is 46.7. The summed E-state index contributed by atoms with van der Waals surface area (Å²) in [5.41, 5.74) is 0.240. The van der Waals surface area contributed by atoms with E-state index >= 15 is 0 Å². The molecule has 2 aromatic rings. The summed E-state index contributed by atoms with van der Waals surface area (Å²) in [6.45, 7) is 8.73. The minimum Gasteiger partial charge on any atom is -0.488 e. The first-order valence-electron chi connectivity index (χ1n) is 9.22. The maximum Gasteiger partial charge on any atom is 0.251 e. The Morgan fingerprint density at radius 2 is 1.83 bits per heavy atom. The molecule has 29 heavy (non-hydrogen) atoms. The number of rotatable bonds is 7. The molecule has 0 aliphatic carbocycles. The number of sulfonamides is 1. The summed E-state index contributed by atoms with van der Waals surface area (Å²) >= 11 is 0. The van der Waals surface area contributed by atoms with Crippen molar-refractivity contribution in [2.75, 3.05) is 6.61 Å². The number of hydrogen-bond donors (Lipinski definition) is 2. The highest BCUT2D eigenvalue weighted by molar-refractivity contribution is 7.89. The zero-order valence-corrected chi connectivity index (χ0v) is 18.1. The largest absolute Gasteiger partial charge is 0.488 e. The molecule has 1 amide bonds. The number of halogens is 1. The van der Waals surface area contributed by atoms with Gasteiger partial charge in [-0.1, -0.05) is 18.2 Å². The molecule has 2 aromatic carbocycles. The van der Waals surface area contributed by atoms with E-state index in [0.29, 0.717) is 5.56 Å². The van der Waals surface area contributed by atoms with Crippen molar-refractivity contribution in [1.29, 1.82) is 0 Å². The highest BCUT2D eigenvalue weighted by Gasteiger charge is 2.24. The maximum absolute atomic E-state index is 13.6. The molecule has 0 aliphatic heterocycles. The Kier molecular flexibility index (Phi) is 7.02. The van der Waals surface area contributed by atoms with Crippen molar-refractivity contribution in [1.82, 2.24) is 10.0 Å².